The van der Waals surface area contributed by atoms with Gasteiger partial charge in [0.25, 0.3) is 0 Å². The van der Waals surface area contributed by atoms with Crippen molar-refractivity contribution >= 4 is 11.3 Å². The number of aromatic nitrogens is 1. The van der Waals surface area contributed by atoms with E-state index in [1.807, 2.05) is 17.6 Å². The summed E-state index contributed by atoms with van der Waals surface area (Å²) in [5, 5.41) is 10.8. The highest BCUT2D eigenvalue weighted by atomic mass is 32.1. The van der Waals surface area contributed by atoms with E-state index in [1.165, 1.54) is 0 Å². The van der Waals surface area contributed by atoms with Crippen LogP contribution < -0.4 is 4.74 Å². The van der Waals surface area contributed by atoms with Gasteiger partial charge < -0.3 is 9.64 Å². The van der Waals surface area contributed by atoms with Crippen LogP contribution >= 0.6 is 11.3 Å². The number of hydrogen-bond acceptors (Lipinski definition) is 5. The van der Waals surface area contributed by atoms with Crippen molar-refractivity contribution < 1.29 is 4.74 Å². The number of thiazole rings is 1. The van der Waals surface area contributed by atoms with Crippen LogP contribution in [0.15, 0.2) is 35.2 Å². The van der Waals surface area contributed by atoms with Gasteiger partial charge in [-0.05, 0) is 37.7 Å². The Balaban J connectivity index is 1.64. The monoisotopic (exact) mass is 287 g/mol. The number of benzene rings is 1. The SMILES string of the molecule is CN(CCCOc1ccc(C#N)cc1)Cc1cscn1. The van der Waals surface area contributed by atoms with Crippen molar-refractivity contribution in [1.82, 2.24) is 9.88 Å². The molecule has 1 aromatic heterocycles. The molecule has 4 nitrogen and oxygen atoms in total. The van der Waals surface area contributed by atoms with Gasteiger partial charge in [-0.15, -0.1) is 11.3 Å². The molecule has 0 bridgehead atoms. The third-order valence-corrected chi connectivity index (χ3v) is 3.49. The zero-order valence-corrected chi connectivity index (χ0v) is 12.3. The van der Waals surface area contributed by atoms with E-state index in [9.17, 15) is 0 Å². The van der Waals surface area contributed by atoms with Gasteiger partial charge >= 0.3 is 0 Å². The standard InChI is InChI=1S/C15H17N3OS/c1-18(10-14-11-20-12-17-14)7-2-8-19-15-5-3-13(9-16)4-6-15/h3-6,11-12H,2,7-8,10H2,1H3. The van der Waals surface area contributed by atoms with E-state index in [1.54, 1.807) is 23.5 Å². The zero-order valence-electron chi connectivity index (χ0n) is 11.5. The zero-order chi connectivity index (χ0) is 14.2. The molecule has 0 saturated heterocycles. The molecule has 0 aliphatic heterocycles. The largest absolute Gasteiger partial charge is 0.494 e. The second kappa shape index (κ2) is 7.63. The molecular formula is C15H17N3OS. The number of nitrogens with zero attached hydrogens (tertiary/aromatic N) is 3. The van der Waals surface area contributed by atoms with E-state index in [2.05, 4.69) is 28.4 Å². The number of hydrogen-bond donors (Lipinski definition) is 0. The van der Waals surface area contributed by atoms with E-state index < -0.39 is 0 Å². The summed E-state index contributed by atoms with van der Waals surface area (Å²) in [6, 6.07) is 9.29. The fourth-order valence-corrected chi connectivity index (χ4v) is 2.37. The highest BCUT2D eigenvalue weighted by Gasteiger charge is 2.02. The van der Waals surface area contributed by atoms with E-state index in [4.69, 9.17) is 10.00 Å². The van der Waals surface area contributed by atoms with Gasteiger partial charge in [-0.1, -0.05) is 0 Å². The maximum atomic E-state index is 8.71. The van der Waals surface area contributed by atoms with Gasteiger partial charge in [-0.3, -0.25) is 0 Å². The Kier molecular flexibility index (Phi) is 5.54. The Morgan fingerprint density at radius 1 is 1.35 bits per heavy atom. The Labute approximate surface area is 123 Å². The molecule has 2 aromatic rings. The first-order valence-electron chi connectivity index (χ1n) is 6.46. The van der Waals surface area contributed by atoms with Crippen LogP contribution in [0.25, 0.3) is 0 Å². The maximum Gasteiger partial charge on any atom is 0.119 e. The van der Waals surface area contributed by atoms with Gasteiger partial charge in [0.2, 0.25) is 0 Å². The molecule has 1 heterocycles. The van der Waals surface area contributed by atoms with Crippen molar-refractivity contribution in [2.24, 2.45) is 0 Å². The molecule has 0 amide bonds. The van der Waals surface area contributed by atoms with Crippen LogP contribution in [-0.2, 0) is 6.54 Å². The van der Waals surface area contributed by atoms with Crippen molar-refractivity contribution in [3.05, 3.63) is 46.4 Å². The summed E-state index contributed by atoms with van der Waals surface area (Å²) in [7, 11) is 2.08. The minimum atomic E-state index is 0.653. The third kappa shape index (κ3) is 4.65. The number of ether oxygens (including phenoxy) is 1. The molecule has 2 rings (SSSR count). The van der Waals surface area contributed by atoms with Gasteiger partial charge in [-0.25, -0.2) is 4.98 Å². The smallest absolute Gasteiger partial charge is 0.119 e. The van der Waals surface area contributed by atoms with Crippen molar-refractivity contribution in [3.63, 3.8) is 0 Å². The van der Waals surface area contributed by atoms with E-state index in [0.29, 0.717) is 12.2 Å². The summed E-state index contributed by atoms with van der Waals surface area (Å²) >= 11 is 1.62. The van der Waals surface area contributed by atoms with Crippen molar-refractivity contribution in [2.45, 2.75) is 13.0 Å². The highest BCUT2D eigenvalue weighted by molar-refractivity contribution is 7.07. The first-order chi connectivity index (χ1) is 9.78. The van der Waals surface area contributed by atoms with Crippen LogP contribution in [0.5, 0.6) is 5.75 Å². The van der Waals surface area contributed by atoms with E-state index >= 15 is 0 Å². The minimum absolute atomic E-state index is 0.653. The highest BCUT2D eigenvalue weighted by Crippen LogP contribution is 2.12. The molecule has 104 valence electrons. The van der Waals surface area contributed by atoms with Crippen LogP contribution in [0.4, 0.5) is 0 Å². The van der Waals surface area contributed by atoms with Gasteiger partial charge in [-0.2, -0.15) is 5.26 Å². The van der Waals surface area contributed by atoms with E-state index in [0.717, 1.165) is 31.0 Å². The molecule has 0 spiro atoms. The van der Waals surface area contributed by atoms with Crippen molar-refractivity contribution in [1.29, 1.82) is 5.26 Å². The first kappa shape index (κ1) is 14.5. The second-order valence-electron chi connectivity index (χ2n) is 4.56. The molecule has 5 heteroatoms. The van der Waals surface area contributed by atoms with Crippen LogP contribution in [0.2, 0.25) is 0 Å². The van der Waals surface area contributed by atoms with Crippen LogP contribution in [0, 0.1) is 11.3 Å². The van der Waals surface area contributed by atoms with Crippen LogP contribution in [0.3, 0.4) is 0 Å². The van der Waals surface area contributed by atoms with Crippen molar-refractivity contribution in [2.75, 3.05) is 20.2 Å². The Hall–Kier alpha value is -1.90. The lowest BCUT2D eigenvalue weighted by molar-refractivity contribution is 0.257. The molecule has 0 N–H and O–H groups in total. The molecule has 20 heavy (non-hydrogen) atoms. The normalized spacial score (nSPS) is 10.4. The lowest BCUT2D eigenvalue weighted by Crippen LogP contribution is -2.20. The summed E-state index contributed by atoms with van der Waals surface area (Å²) in [6.45, 7) is 2.52. The summed E-state index contributed by atoms with van der Waals surface area (Å²) in [5.41, 5.74) is 3.63. The Morgan fingerprint density at radius 3 is 2.80 bits per heavy atom. The molecule has 0 aliphatic carbocycles. The minimum Gasteiger partial charge on any atom is -0.494 e. The number of nitriles is 1. The molecule has 0 radical (unpaired) electrons. The molecule has 0 unspecified atom stereocenters. The van der Waals surface area contributed by atoms with Gasteiger partial charge in [0.1, 0.15) is 5.75 Å². The second-order valence-corrected chi connectivity index (χ2v) is 5.27. The molecule has 0 fully saturated rings. The fourth-order valence-electron chi connectivity index (χ4n) is 1.82. The average Bonchev–Trinajstić information content (AvgIpc) is 2.97. The molecule has 0 atom stereocenters. The molecule has 0 saturated carbocycles. The summed E-state index contributed by atoms with van der Waals surface area (Å²) in [6.07, 6.45) is 0.959. The third-order valence-electron chi connectivity index (χ3n) is 2.85. The summed E-state index contributed by atoms with van der Waals surface area (Å²) in [5.74, 6) is 0.811. The van der Waals surface area contributed by atoms with Gasteiger partial charge in [0.05, 0.1) is 29.4 Å². The van der Waals surface area contributed by atoms with E-state index in [-0.39, 0.29) is 0 Å². The summed E-state index contributed by atoms with van der Waals surface area (Å²) < 4.78 is 5.64. The number of rotatable bonds is 7. The van der Waals surface area contributed by atoms with Crippen LogP contribution in [0.1, 0.15) is 17.7 Å². The van der Waals surface area contributed by atoms with Crippen LogP contribution in [-0.4, -0.2) is 30.1 Å². The first-order valence-corrected chi connectivity index (χ1v) is 7.41. The lowest BCUT2D eigenvalue weighted by Gasteiger charge is -2.15. The van der Waals surface area contributed by atoms with Crippen molar-refractivity contribution in [3.8, 4) is 11.8 Å². The summed E-state index contributed by atoms with van der Waals surface area (Å²) in [4.78, 5) is 6.50. The average molecular weight is 287 g/mol. The fraction of sp³-hybridized carbons (Fsp3) is 0.333. The Morgan fingerprint density at radius 2 is 2.15 bits per heavy atom. The topological polar surface area (TPSA) is 49.1 Å². The molecule has 1 aromatic carbocycles. The Bertz CT molecular complexity index is 545. The molecular weight excluding hydrogens is 270 g/mol. The quantitative estimate of drug-likeness (QED) is 0.735. The molecule has 0 aliphatic rings. The van der Waals surface area contributed by atoms with Gasteiger partial charge in [0, 0.05) is 18.5 Å². The lowest BCUT2D eigenvalue weighted by atomic mass is 10.2. The maximum absolute atomic E-state index is 8.71. The predicted octanol–water partition coefficient (Wildman–Crippen LogP) is 2.92. The predicted molar refractivity (Wildman–Crippen MR) is 79.7 cm³/mol. The van der Waals surface area contributed by atoms with Gasteiger partial charge in [0.15, 0.2) is 0 Å².